The number of fused-ring (bicyclic) bond motifs is 6. The number of carboxylic acid groups (broad SMARTS) is 1. The summed E-state index contributed by atoms with van der Waals surface area (Å²) in [6, 6.07) is 38.2. The lowest BCUT2D eigenvalue weighted by Crippen LogP contribution is -2.38. The number of morpholine rings is 3. The lowest BCUT2D eigenvalue weighted by atomic mass is 10.1. The van der Waals surface area contributed by atoms with Gasteiger partial charge in [-0.1, -0.05) is 60.7 Å². The Morgan fingerprint density at radius 2 is 0.794 bits per heavy atom. The molecular formula is C77H83N23O7. The number of carbonyl (C=O) groups is 3. The number of carbonyl (C=O) groups excluding carboxylic acids is 2. The number of ether oxygens (including phenoxy) is 3. The lowest BCUT2D eigenvalue weighted by molar-refractivity contribution is 0.0365. The summed E-state index contributed by atoms with van der Waals surface area (Å²) >= 11 is 0. The zero-order valence-corrected chi connectivity index (χ0v) is 59.8. The highest BCUT2D eigenvalue weighted by Gasteiger charge is 2.26. The first kappa shape index (κ1) is 70.6. The largest absolute Gasteiger partial charge is 0.477 e. The molecule has 548 valence electrons. The first-order chi connectivity index (χ1) is 52.3. The van der Waals surface area contributed by atoms with Gasteiger partial charge < -0.3 is 59.6 Å². The number of nitrogens with one attached hydrogen (secondary N) is 1. The number of primary amides is 2. The van der Waals surface area contributed by atoms with Crippen LogP contribution in [-0.4, -0.2) is 230 Å². The Morgan fingerprint density at radius 3 is 1.16 bits per heavy atom. The number of amides is 2. The number of pyridine rings is 3. The predicted molar refractivity (Wildman–Crippen MR) is 408 cm³/mol. The molecule has 3 fully saturated rings. The first-order valence-corrected chi connectivity index (χ1v) is 35.7. The highest BCUT2D eigenvalue weighted by Crippen LogP contribution is 2.36. The zero-order chi connectivity index (χ0) is 73.5. The van der Waals surface area contributed by atoms with Crippen LogP contribution in [0.4, 0.5) is 17.5 Å². The third-order valence-corrected chi connectivity index (χ3v) is 19.7. The molecule has 30 heteroatoms. The van der Waals surface area contributed by atoms with Crippen molar-refractivity contribution in [2.24, 2.45) is 11.5 Å². The summed E-state index contributed by atoms with van der Waals surface area (Å²) in [6.45, 7) is 16.6. The van der Waals surface area contributed by atoms with Crippen LogP contribution in [0.3, 0.4) is 0 Å². The number of nitrogens with zero attached hydrogens (tertiary/aromatic N) is 20. The molecule has 0 atom stereocenters. The molecule has 0 aliphatic carbocycles. The minimum atomic E-state index is -1.06. The topological polar surface area (TPSA) is 323 Å². The molecule has 12 aromatic heterocycles. The molecule has 30 nitrogen and oxygen atoms in total. The van der Waals surface area contributed by atoms with E-state index in [-0.39, 0.29) is 16.7 Å². The number of aromatic carboxylic acids is 1. The molecule has 3 saturated heterocycles. The summed E-state index contributed by atoms with van der Waals surface area (Å²) in [5, 5.41) is 29.0. The second kappa shape index (κ2) is 31.7. The average Bonchev–Trinajstić information content (AvgIpc) is 1.63. The Bertz CT molecular complexity index is 5260. The molecular weight excluding hydrogens is 1360 g/mol. The summed E-state index contributed by atoms with van der Waals surface area (Å²) in [4.78, 5) is 75.9. The van der Waals surface area contributed by atoms with Crippen molar-refractivity contribution in [3.63, 3.8) is 0 Å². The van der Waals surface area contributed by atoms with E-state index in [1.807, 2.05) is 105 Å². The van der Waals surface area contributed by atoms with E-state index in [9.17, 15) is 19.5 Å². The van der Waals surface area contributed by atoms with Gasteiger partial charge in [-0.25, -0.2) is 34.7 Å². The van der Waals surface area contributed by atoms with Gasteiger partial charge in [0.2, 0.25) is 0 Å². The number of nitrogens with two attached hydrogens (primary N) is 2. The standard InChI is InChI=1S/C28H30N8O2.C28H29N7O3.C21H24N8O2/c1-33(18-20-6-3-2-4-7-20)25-16-24(32-28-22(26(29)37)17-31-36(25)28)23-19-35(27-21(23)8-5-9-30-27)11-10-34-12-14-38-15-13-34;1-32(18-20-6-3-2-4-7-20)25-16-24(31-27-22(28(36)37)17-30-35(25)27)23-19-34(26-21(23)8-5-9-29-26)11-10-33-12-14-38-15-13-33;1-23-18-11-17(26-21-15(19(22)30)12-25-29(18)21)16-13-28(20-14(16)3-2-4-24-20)6-5-27-7-9-31-10-8-27/h2-9,16-17,19H,10-15,18H2,1H3,(H2,29,37);2-9,16-17,19H,10-15,18H2,1H3,(H,36,37);2-4,11-13,23H,5-10H2,1H3,(H2,22,30). The van der Waals surface area contributed by atoms with Gasteiger partial charge in [-0.15, -0.1) is 0 Å². The fraction of sp³-hybridized carbons (Fsp3) is 0.299. The molecule has 3 aliphatic rings. The van der Waals surface area contributed by atoms with E-state index in [0.717, 1.165) is 202 Å². The maximum absolute atomic E-state index is 12.2. The van der Waals surface area contributed by atoms with Crippen LogP contribution in [0.1, 0.15) is 42.2 Å². The molecule has 6 N–H and O–H groups in total. The number of rotatable bonds is 22. The number of benzene rings is 2. The molecule has 0 unspecified atom stereocenters. The smallest absolute Gasteiger partial charge is 0.341 e. The summed E-state index contributed by atoms with van der Waals surface area (Å²) in [6.07, 6.45) is 16.0. The van der Waals surface area contributed by atoms with Gasteiger partial charge in [0.15, 0.2) is 16.9 Å². The fourth-order valence-electron chi connectivity index (χ4n) is 14.1. The minimum absolute atomic E-state index is 0.0652. The Morgan fingerprint density at radius 1 is 0.449 bits per heavy atom. The number of hydrogen-bond acceptors (Lipinski definition) is 21. The van der Waals surface area contributed by atoms with E-state index in [1.165, 1.54) is 18.6 Å². The molecule has 2 amide bonds. The maximum Gasteiger partial charge on any atom is 0.341 e. The van der Waals surface area contributed by atoms with Crippen molar-refractivity contribution in [2.45, 2.75) is 32.7 Å². The van der Waals surface area contributed by atoms with Crippen LogP contribution in [0.5, 0.6) is 0 Å². The van der Waals surface area contributed by atoms with Crippen molar-refractivity contribution in [1.29, 1.82) is 0 Å². The number of aromatic nitrogens is 15. The average molecular weight is 1440 g/mol. The van der Waals surface area contributed by atoms with Crippen LogP contribution < -0.4 is 26.6 Å². The molecule has 0 radical (unpaired) electrons. The molecule has 17 rings (SSSR count). The highest BCUT2D eigenvalue weighted by molar-refractivity contribution is 6.02. The minimum Gasteiger partial charge on any atom is -0.477 e. The van der Waals surface area contributed by atoms with Crippen LogP contribution in [0.2, 0.25) is 0 Å². The summed E-state index contributed by atoms with van der Waals surface area (Å²) in [7, 11) is 5.78. The Hall–Kier alpha value is -12.1. The van der Waals surface area contributed by atoms with Gasteiger partial charge >= 0.3 is 5.97 Å². The van der Waals surface area contributed by atoms with E-state index in [4.69, 9.17) is 45.6 Å². The second-order valence-electron chi connectivity index (χ2n) is 26.6. The van der Waals surface area contributed by atoms with Gasteiger partial charge in [0.1, 0.15) is 51.1 Å². The van der Waals surface area contributed by atoms with Crippen molar-refractivity contribution in [2.75, 3.05) is 135 Å². The monoisotopic (exact) mass is 1440 g/mol. The molecule has 3 aliphatic heterocycles. The van der Waals surface area contributed by atoms with E-state index in [1.54, 1.807) is 33.0 Å². The summed E-state index contributed by atoms with van der Waals surface area (Å²) in [5.74, 6) is 0.0904. The van der Waals surface area contributed by atoms with Gasteiger partial charge in [0, 0.05) is 201 Å². The van der Waals surface area contributed by atoms with Gasteiger partial charge in [-0.3, -0.25) is 24.3 Å². The SMILES string of the molecule is CN(Cc1ccccc1)c1cc(-c2cn(CCN3CCOCC3)c3ncccc23)nc2c(C(=O)O)cnn12.CN(Cc1ccccc1)c1cc(-c2cn(CCN3CCOCC3)c3ncccc23)nc2c(C(N)=O)cnn12.CNc1cc(-c2cn(CCN3CCOCC3)c3ncccc23)nc2c(C(N)=O)cnn12. The van der Waals surface area contributed by atoms with Crippen molar-refractivity contribution < 1.29 is 33.7 Å². The third-order valence-electron chi connectivity index (χ3n) is 19.7. The van der Waals surface area contributed by atoms with Crippen LogP contribution in [0, 0.1) is 0 Å². The van der Waals surface area contributed by atoms with Crippen LogP contribution in [-0.2, 0) is 46.9 Å². The van der Waals surface area contributed by atoms with E-state index >= 15 is 0 Å². The van der Waals surface area contributed by atoms with Crippen LogP contribution in [0.25, 0.3) is 83.8 Å². The highest BCUT2D eigenvalue weighted by atomic mass is 16.5. The number of carboxylic acids is 1. The fourth-order valence-corrected chi connectivity index (χ4v) is 14.1. The molecule has 2 aromatic carbocycles. The van der Waals surface area contributed by atoms with E-state index in [2.05, 4.69) is 118 Å². The first-order valence-electron chi connectivity index (χ1n) is 35.7. The third kappa shape index (κ3) is 15.2. The Balaban J connectivity index is 0.000000129. The summed E-state index contributed by atoms with van der Waals surface area (Å²) < 4.78 is 27.8. The quantitative estimate of drug-likeness (QED) is 0.0512. The van der Waals surface area contributed by atoms with Crippen LogP contribution in [0.15, 0.2) is 171 Å². The van der Waals surface area contributed by atoms with Crippen molar-refractivity contribution in [3.8, 4) is 33.8 Å². The van der Waals surface area contributed by atoms with E-state index in [0.29, 0.717) is 41.5 Å². The van der Waals surface area contributed by atoms with Crippen molar-refractivity contribution >= 4 is 85.3 Å². The maximum atomic E-state index is 12.2. The summed E-state index contributed by atoms with van der Waals surface area (Å²) in [5.41, 5.74) is 22.9. The van der Waals surface area contributed by atoms with E-state index < -0.39 is 17.8 Å². The number of hydrogen-bond donors (Lipinski definition) is 4. The Kier molecular flexibility index (Phi) is 20.9. The van der Waals surface area contributed by atoms with Gasteiger partial charge in [-0.2, -0.15) is 28.8 Å². The lowest BCUT2D eigenvalue weighted by Gasteiger charge is -2.26. The van der Waals surface area contributed by atoms with Gasteiger partial charge in [0.25, 0.3) is 11.8 Å². The van der Waals surface area contributed by atoms with Gasteiger partial charge in [0.05, 0.1) is 75.3 Å². The van der Waals surface area contributed by atoms with Crippen molar-refractivity contribution in [3.05, 3.63) is 199 Å². The Labute approximate surface area is 615 Å². The molecule has 15 heterocycles. The molecule has 107 heavy (non-hydrogen) atoms. The van der Waals surface area contributed by atoms with Crippen molar-refractivity contribution in [1.82, 2.24) is 87.1 Å². The zero-order valence-electron chi connectivity index (χ0n) is 59.8. The molecule has 0 bridgehead atoms. The normalized spacial score (nSPS) is 14.5. The second-order valence-corrected chi connectivity index (χ2v) is 26.6. The molecule has 0 saturated carbocycles. The van der Waals surface area contributed by atoms with Crippen LogP contribution >= 0.6 is 0 Å². The van der Waals surface area contributed by atoms with Gasteiger partial charge in [-0.05, 0) is 47.5 Å². The predicted octanol–water partition coefficient (Wildman–Crippen LogP) is 7.45. The number of anilines is 3. The molecule has 14 aromatic rings. The molecule has 0 spiro atoms.